The van der Waals surface area contributed by atoms with Crippen molar-refractivity contribution in [3.8, 4) is 5.69 Å². The molecule has 2 rings (SSSR count). The highest BCUT2D eigenvalue weighted by Gasteiger charge is 2.10. The maximum Gasteiger partial charge on any atom is 0.0645 e. The van der Waals surface area contributed by atoms with Crippen LogP contribution >= 0.6 is 11.8 Å². The summed E-state index contributed by atoms with van der Waals surface area (Å²) in [6.45, 7) is 3.04. The molecule has 1 atom stereocenters. The third-order valence-corrected chi connectivity index (χ3v) is 4.18. The molecule has 2 aromatic rings. The number of aryl methyl sites for hydroxylation is 1. The zero-order valence-electron chi connectivity index (χ0n) is 12.6. The quantitative estimate of drug-likeness (QED) is 0.786. The molecule has 0 amide bonds. The Morgan fingerprint density at radius 1 is 1.33 bits per heavy atom. The van der Waals surface area contributed by atoms with Crippen LogP contribution in [0.15, 0.2) is 36.5 Å². The second-order valence-electron chi connectivity index (χ2n) is 5.07. The van der Waals surface area contributed by atoms with Crippen LogP contribution in [0.25, 0.3) is 5.69 Å². The predicted molar refractivity (Wildman–Crippen MR) is 89.0 cm³/mol. The van der Waals surface area contributed by atoms with Gasteiger partial charge in [0.15, 0.2) is 0 Å². The SMILES string of the molecule is CSCC(CCO)NCc1cn(-c2ccccc2)nc1C. The van der Waals surface area contributed by atoms with Crippen molar-refractivity contribution >= 4 is 11.8 Å². The first-order valence-electron chi connectivity index (χ1n) is 7.18. The van der Waals surface area contributed by atoms with Gasteiger partial charge in [-0.05, 0) is 31.7 Å². The summed E-state index contributed by atoms with van der Waals surface area (Å²) < 4.78 is 1.92. The topological polar surface area (TPSA) is 50.1 Å². The largest absolute Gasteiger partial charge is 0.396 e. The Labute approximate surface area is 130 Å². The Morgan fingerprint density at radius 3 is 2.76 bits per heavy atom. The Bertz CT molecular complexity index is 536. The molecule has 1 unspecified atom stereocenters. The van der Waals surface area contributed by atoms with Gasteiger partial charge >= 0.3 is 0 Å². The summed E-state index contributed by atoms with van der Waals surface area (Å²) in [6.07, 6.45) is 4.95. The number of aliphatic hydroxyl groups is 1. The van der Waals surface area contributed by atoms with Crippen LogP contribution in [0.4, 0.5) is 0 Å². The van der Waals surface area contributed by atoms with Crippen LogP contribution in [0.3, 0.4) is 0 Å². The first-order chi connectivity index (χ1) is 10.2. The van der Waals surface area contributed by atoms with Crippen molar-refractivity contribution in [1.82, 2.24) is 15.1 Å². The number of nitrogens with one attached hydrogen (secondary N) is 1. The smallest absolute Gasteiger partial charge is 0.0645 e. The average Bonchev–Trinajstić information content (AvgIpc) is 2.87. The zero-order valence-corrected chi connectivity index (χ0v) is 13.4. The minimum Gasteiger partial charge on any atom is -0.396 e. The van der Waals surface area contributed by atoms with E-state index in [2.05, 4.69) is 22.9 Å². The van der Waals surface area contributed by atoms with Gasteiger partial charge in [0.2, 0.25) is 0 Å². The van der Waals surface area contributed by atoms with Crippen molar-refractivity contribution < 1.29 is 5.11 Å². The lowest BCUT2D eigenvalue weighted by molar-refractivity contribution is 0.269. The number of hydrogen-bond acceptors (Lipinski definition) is 4. The first-order valence-corrected chi connectivity index (χ1v) is 8.57. The zero-order chi connectivity index (χ0) is 15.1. The van der Waals surface area contributed by atoms with Gasteiger partial charge in [-0.1, -0.05) is 18.2 Å². The normalized spacial score (nSPS) is 12.5. The van der Waals surface area contributed by atoms with E-state index in [1.54, 1.807) is 11.8 Å². The molecule has 2 N–H and O–H groups in total. The molecule has 5 heteroatoms. The van der Waals surface area contributed by atoms with Gasteiger partial charge in [-0.15, -0.1) is 0 Å². The standard InChI is InChI=1S/C16H23N3OS/c1-13-14(10-17-15(8-9-20)12-21-2)11-19(18-13)16-6-4-3-5-7-16/h3-7,11,15,17,20H,8-10,12H2,1-2H3. The van der Waals surface area contributed by atoms with Crippen LogP contribution in [-0.4, -0.2) is 39.5 Å². The minimum absolute atomic E-state index is 0.223. The highest BCUT2D eigenvalue weighted by molar-refractivity contribution is 7.98. The fourth-order valence-corrected chi connectivity index (χ4v) is 2.92. The molecule has 1 heterocycles. The number of hydrogen-bond donors (Lipinski definition) is 2. The summed E-state index contributed by atoms with van der Waals surface area (Å²) in [5, 5.41) is 17.2. The summed E-state index contributed by atoms with van der Waals surface area (Å²) in [7, 11) is 0. The van der Waals surface area contributed by atoms with Crippen molar-refractivity contribution in [2.75, 3.05) is 18.6 Å². The lowest BCUT2D eigenvalue weighted by Crippen LogP contribution is -2.31. The van der Waals surface area contributed by atoms with Crippen LogP contribution in [0.5, 0.6) is 0 Å². The van der Waals surface area contributed by atoms with E-state index in [1.165, 1.54) is 5.56 Å². The van der Waals surface area contributed by atoms with Gasteiger partial charge in [0.25, 0.3) is 0 Å². The molecule has 0 aliphatic carbocycles. The molecule has 0 saturated heterocycles. The predicted octanol–water partition coefficient (Wildman–Crippen LogP) is 2.38. The molecular formula is C16H23N3OS. The highest BCUT2D eigenvalue weighted by Crippen LogP contribution is 2.12. The summed E-state index contributed by atoms with van der Waals surface area (Å²) in [5.41, 5.74) is 3.31. The number of benzene rings is 1. The first kappa shape index (κ1) is 16.1. The molecule has 0 spiro atoms. The van der Waals surface area contributed by atoms with Crippen LogP contribution in [-0.2, 0) is 6.54 Å². The van der Waals surface area contributed by atoms with Gasteiger partial charge in [0, 0.05) is 36.7 Å². The molecule has 21 heavy (non-hydrogen) atoms. The number of aliphatic hydroxyl groups excluding tert-OH is 1. The van der Waals surface area contributed by atoms with Gasteiger partial charge in [0.05, 0.1) is 11.4 Å². The van der Waals surface area contributed by atoms with E-state index >= 15 is 0 Å². The van der Waals surface area contributed by atoms with E-state index in [1.807, 2.05) is 41.9 Å². The molecule has 1 aromatic heterocycles. The third kappa shape index (κ3) is 4.59. The minimum atomic E-state index is 0.223. The van der Waals surface area contributed by atoms with E-state index in [0.29, 0.717) is 6.04 Å². The van der Waals surface area contributed by atoms with E-state index in [9.17, 15) is 0 Å². The summed E-state index contributed by atoms with van der Waals surface area (Å²) >= 11 is 1.80. The maximum absolute atomic E-state index is 9.10. The summed E-state index contributed by atoms with van der Waals surface area (Å²) in [4.78, 5) is 0. The lowest BCUT2D eigenvalue weighted by Gasteiger charge is -2.16. The van der Waals surface area contributed by atoms with E-state index in [0.717, 1.165) is 30.1 Å². The van der Waals surface area contributed by atoms with Gasteiger partial charge < -0.3 is 10.4 Å². The fraction of sp³-hybridized carbons (Fsp3) is 0.438. The van der Waals surface area contributed by atoms with Gasteiger partial charge in [-0.3, -0.25) is 0 Å². The van der Waals surface area contributed by atoms with Gasteiger partial charge in [-0.25, -0.2) is 4.68 Å². The molecule has 0 aliphatic rings. The second kappa shape index (κ2) is 8.22. The van der Waals surface area contributed by atoms with Crippen molar-refractivity contribution in [3.05, 3.63) is 47.8 Å². The molecule has 114 valence electrons. The van der Waals surface area contributed by atoms with E-state index in [-0.39, 0.29) is 6.61 Å². The lowest BCUT2D eigenvalue weighted by atomic mass is 10.2. The van der Waals surface area contributed by atoms with Gasteiger partial charge in [-0.2, -0.15) is 16.9 Å². The summed E-state index contributed by atoms with van der Waals surface area (Å²) in [6, 6.07) is 10.5. The van der Waals surface area contributed by atoms with Crippen LogP contribution in [0, 0.1) is 6.92 Å². The number of para-hydroxylation sites is 1. The Morgan fingerprint density at radius 2 is 2.10 bits per heavy atom. The number of aromatic nitrogens is 2. The molecule has 0 radical (unpaired) electrons. The number of rotatable bonds is 8. The molecule has 1 aromatic carbocycles. The monoisotopic (exact) mass is 305 g/mol. The molecule has 0 aliphatic heterocycles. The van der Waals surface area contributed by atoms with Crippen molar-refractivity contribution in [3.63, 3.8) is 0 Å². The summed E-state index contributed by atoms with van der Waals surface area (Å²) in [5.74, 6) is 1.01. The third-order valence-electron chi connectivity index (χ3n) is 3.45. The molecule has 0 bridgehead atoms. The van der Waals surface area contributed by atoms with Crippen molar-refractivity contribution in [2.24, 2.45) is 0 Å². The molecule has 4 nitrogen and oxygen atoms in total. The van der Waals surface area contributed by atoms with Crippen molar-refractivity contribution in [2.45, 2.75) is 25.9 Å². The molecular weight excluding hydrogens is 282 g/mol. The fourth-order valence-electron chi connectivity index (χ4n) is 2.24. The maximum atomic E-state index is 9.10. The molecule has 0 fully saturated rings. The Hall–Kier alpha value is -1.30. The molecule has 0 saturated carbocycles. The van der Waals surface area contributed by atoms with Crippen LogP contribution < -0.4 is 5.32 Å². The Kier molecular flexibility index (Phi) is 6.29. The highest BCUT2D eigenvalue weighted by atomic mass is 32.2. The van der Waals surface area contributed by atoms with Crippen molar-refractivity contribution in [1.29, 1.82) is 0 Å². The number of nitrogens with zero attached hydrogens (tertiary/aromatic N) is 2. The Balaban J connectivity index is 2.02. The van der Waals surface area contributed by atoms with E-state index < -0.39 is 0 Å². The number of thioether (sulfide) groups is 1. The van der Waals surface area contributed by atoms with Crippen LogP contribution in [0.2, 0.25) is 0 Å². The average molecular weight is 305 g/mol. The second-order valence-corrected chi connectivity index (χ2v) is 5.98. The van der Waals surface area contributed by atoms with Crippen LogP contribution in [0.1, 0.15) is 17.7 Å². The van der Waals surface area contributed by atoms with Gasteiger partial charge in [0.1, 0.15) is 0 Å². The van der Waals surface area contributed by atoms with E-state index in [4.69, 9.17) is 5.11 Å².